The highest BCUT2D eigenvalue weighted by Crippen LogP contribution is 2.16. The van der Waals surface area contributed by atoms with Gasteiger partial charge in [-0.2, -0.15) is 4.98 Å². The first-order valence-corrected chi connectivity index (χ1v) is 10.8. The van der Waals surface area contributed by atoms with Gasteiger partial charge in [-0.05, 0) is 31.3 Å². The zero-order valence-corrected chi connectivity index (χ0v) is 18.7. The number of benzene rings is 1. The molecule has 0 atom stereocenters. The third kappa shape index (κ3) is 4.53. The van der Waals surface area contributed by atoms with E-state index >= 15 is 0 Å². The van der Waals surface area contributed by atoms with Crippen molar-refractivity contribution in [3.8, 4) is 0 Å². The summed E-state index contributed by atoms with van der Waals surface area (Å²) in [5.74, 6) is -1.35. The van der Waals surface area contributed by atoms with Crippen molar-refractivity contribution in [1.29, 1.82) is 0 Å². The van der Waals surface area contributed by atoms with E-state index in [-0.39, 0.29) is 11.3 Å². The Hall–Kier alpha value is -3.86. The van der Waals surface area contributed by atoms with Gasteiger partial charge in [0.1, 0.15) is 5.65 Å². The van der Waals surface area contributed by atoms with Crippen molar-refractivity contribution in [2.75, 3.05) is 31.1 Å². The number of nitrogens with zero attached hydrogens (tertiary/aromatic N) is 5. The van der Waals surface area contributed by atoms with Crippen molar-refractivity contribution in [2.24, 2.45) is 0 Å². The van der Waals surface area contributed by atoms with Gasteiger partial charge in [0, 0.05) is 50.7 Å². The molecule has 1 aliphatic rings. The maximum atomic E-state index is 12.5. The quantitative estimate of drug-likeness (QED) is 0.531. The number of fused-ring (bicyclic) bond motifs is 1. The van der Waals surface area contributed by atoms with Gasteiger partial charge in [0.2, 0.25) is 11.4 Å². The molecule has 11 heteroatoms. The summed E-state index contributed by atoms with van der Waals surface area (Å²) in [7, 11) is 0. The number of carbonyl (C=O) groups is 2. The zero-order chi connectivity index (χ0) is 23.5. The van der Waals surface area contributed by atoms with Gasteiger partial charge in [0.15, 0.2) is 5.11 Å². The van der Waals surface area contributed by atoms with E-state index in [2.05, 4.69) is 15.3 Å². The number of amides is 1. The second kappa shape index (κ2) is 9.33. The number of rotatable bonds is 4. The van der Waals surface area contributed by atoms with E-state index in [0.29, 0.717) is 55.0 Å². The van der Waals surface area contributed by atoms with Crippen LogP contribution in [0, 0.1) is 0 Å². The molecule has 3 aromatic rings. The first-order valence-electron chi connectivity index (χ1n) is 10.4. The first kappa shape index (κ1) is 22.3. The van der Waals surface area contributed by atoms with E-state index in [1.54, 1.807) is 28.8 Å². The number of anilines is 1. The smallest absolute Gasteiger partial charge is 0.257 e. The topological polar surface area (TPSA) is 123 Å². The molecule has 0 spiro atoms. The standard InChI is InChI=1S/C22H22N6O4S/c1-2-26-13-16(20(31)32)17(29)15-12-23-21(24-18(15)26)27-8-10-28(11-9-27)22(33)25-19(30)14-6-4-3-5-7-14/h3-7,12-13H,2,8-11H2,1H3,(H,31,32)(H,25,30,33)/p-1. The van der Waals surface area contributed by atoms with Gasteiger partial charge in [-0.3, -0.25) is 14.9 Å². The summed E-state index contributed by atoms with van der Waals surface area (Å²) < 4.78 is 1.59. The average Bonchev–Trinajstić information content (AvgIpc) is 2.84. The minimum Gasteiger partial charge on any atom is -0.545 e. The second-order valence-electron chi connectivity index (χ2n) is 7.45. The minimum absolute atomic E-state index is 0.130. The summed E-state index contributed by atoms with van der Waals surface area (Å²) in [6.45, 7) is 4.48. The third-order valence-electron chi connectivity index (χ3n) is 5.47. The lowest BCUT2D eigenvalue weighted by Crippen LogP contribution is -2.53. The van der Waals surface area contributed by atoms with Crippen LogP contribution in [0.5, 0.6) is 0 Å². The Balaban J connectivity index is 1.47. The van der Waals surface area contributed by atoms with Crippen molar-refractivity contribution in [1.82, 2.24) is 24.8 Å². The van der Waals surface area contributed by atoms with Crippen LogP contribution >= 0.6 is 12.2 Å². The minimum atomic E-state index is -1.53. The fraction of sp³-hybridized carbons (Fsp3) is 0.273. The van der Waals surface area contributed by atoms with Gasteiger partial charge in [-0.25, -0.2) is 4.98 Å². The normalized spacial score (nSPS) is 13.7. The van der Waals surface area contributed by atoms with Crippen molar-refractivity contribution < 1.29 is 14.7 Å². The fourth-order valence-corrected chi connectivity index (χ4v) is 3.93. The van der Waals surface area contributed by atoms with Gasteiger partial charge in [0.05, 0.1) is 16.9 Å². The van der Waals surface area contributed by atoms with Crippen LogP contribution in [0.1, 0.15) is 27.6 Å². The van der Waals surface area contributed by atoms with E-state index in [1.807, 2.05) is 22.8 Å². The highest BCUT2D eigenvalue weighted by molar-refractivity contribution is 7.80. The summed E-state index contributed by atoms with van der Waals surface area (Å²) in [5, 5.41) is 14.5. The first-order chi connectivity index (χ1) is 15.9. The van der Waals surface area contributed by atoms with Gasteiger partial charge >= 0.3 is 0 Å². The number of pyridine rings is 1. The molecular formula is C22H21N6O4S-. The van der Waals surface area contributed by atoms with E-state index in [1.165, 1.54) is 12.4 Å². The van der Waals surface area contributed by atoms with Crippen molar-refractivity contribution in [3.05, 3.63) is 64.1 Å². The lowest BCUT2D eigenvalue weighted by atomic mass is 10.2. The number of aryl methyl sites for hydroxylation is 1. The molecule has 1 aliphatic heterocycles. The summed E-state index contributed by atoms with van der Waals surface area (Å²) in [6.07, 6.45) is 2.61. The lowest BCUT2D eigenvalue weighted by Gasteiger charge is -2.36. The second-order valence-corrected chi connectivity index (χ2v) is 7.84. The molecule has 1 saturated heterocycles. The SMILES string of the molecule is CCn1cc(C(=O)[O-])c(=O)c2cnc(N3CCN(C(=S)NC(=O)c4ccccc4)CC3)nc21. The van der Waals surface area contributed by atoms with E-state index in [9.17, 15) is 19.5 Å². The number of nitrogens with one attached hydrogen (secondary N) is 1. The Labute approximate surface area is 194 Å². The molecule has 33 heavy (non-hydrogen) atoms. The highest BCUT2D eigenvalue weighted by Gasteiger charge is 2.23. The molecule has 0 aliphatic carbocycles. The molecule has 1 fully saturated rings. The van der Waals surface area contributed by atoms with Crippen molar-refractivity contribution in [2.45, 2.75) is 13.5 Å². The monoisotopic (exact) mass is 465 g/mol. The molecule has 10 nitrogen and oxygen atoms in total. The number of piperazine rings is 1. The van der Waals surface area contributed by atoms with Gasteiger partial charge in [-0.1, -0.05) is 18.2 Å². The number of hydrogen-bond acceptors (Lipinski definition) is 8. The third-order valence-corrected chi connectivity index (χ3v) is 5.83. The molecule has 0 bridgehead atoms. The molecule has 0 unspecified atom stereocenters. The number of carboxylic acid groups (broad SMARTS) is 1. The maximum Gasteiger partial charge on any atom is 0.257 e. The van der Waals surface area contributed by atoms with Crippen LogP contribution in [0.2, 0.25) is 0 Å². The molecule has 0 saturated carbocycles. The summed E-state index contributed by atoms with van der Waals surface area (Å²) in [5.41, 5.74) is -0.177. The average molecular weight is 466 g/mol. The Morgan fingerprint density at radius 3 is 2.48 bits per heavy atom. The molecule has 0 radical (unpaired) electrons. The predicted molar refractivity (Wildman–Crippen MR) is 124 cm³/mol. The van der Waals surface area contributed by atoms with E-state index in [4.69, 9.17) is 12.2 Å². The zero-order valence-electron chi connectivity index (χ0n) is 17.9. The van der Waals surface area contributed by atoms with E-state index < -0.39 is 17.0 Å². The number of aromatic nitrogens is 3. The van der Waals surface area contributed by atoms with Crippen LogP contribution in [0.3, 0.4) is 0 Å². The number of carbonyl (C=O) groups excluding carboxylic acids is 2. The van der Waals surface area contributed by atoms with Gasteiger partial charge < -0.3 is 24.3 Å². The number of thiocarbonyl (C=S) groups is 1. The molecule has 1 aromatic carbocycles. The lowest BCUT2D eigenvalue weighted by molar-refractivity contribution is -0.255. The number of hydrogen-bond donors (Lipinski definition) is 1. The largest absolute Gasteiger partial charge is 0.545 e. The molecular weight excluding hydrogens is 444 g/mol. The Morgan fingerprint density at radius 1 is 1.15 bits per heavy atom. The van der Waals surface area contributed by atoms with Crippen LogP contribution in [-0.2, 0) is 6.54 Å². The summed E-state index contributed by atoms with van der Waals surface area (Å²) in [6, 6.07) is 8.86. The van der Waals surface area contributed by atoms with Crippen LogP contribution in [0.15, 0.2) is 47.5 Å². The summed E-state index contributed by atoms with van der Waals surface area (Å²) >= 11 is 5.40. The maximum absolute atomic E-state index is 12.5. The van der Waals surface area contributed by atoms with Crippen LogP contribution in [0.25, 0.3) is 11.0 Å². The molecule has 4 rings (SSSR count). The molecule has 1 amide bonds. The molecule has 1 N–H and O–H groups in total. The van der Waals surface area contributed by atoms with Crippen LogP contribution in [-0.4, -0.2) is 62.6 Å². The van der Waals surface area contributed by atoms with Gasteiger partial charge in [-0.15, -0.1) is 0 Å². The van der Waals surface area contributed by atoms with Crippen molar-refractivity contribution >= 4 is 46.2 Å². The molecule has 170 valence electrons. The van der Waals surface area contributed by atoms with Crippen LogP contribution < -0.4 is 20.8 Å². The Kier molecular flexibility index (Phi) is 6.31. The van der Waals surface area contributed by atoms with E-state index in [0.717, 1.165) is 0 Å². The molecule has 2 aromatic heterocycles. The number of carboxylic acids is 1. The van der Waals surface area contributed by atoms with Crippen LogP contribution in [0.4, 0.5) is 5.95 Å². The number of aromatic carboxylic acids is 1. The predicted octanol–water partition coefficient (Wildman–Crippen LogP) is 0.0118. The van der Waals surface area contributed by atoms with Gasteiger partial charge in [0.25, 0.3) is 5.91 Å². The molecule has 3 heterocycles. The van der Waals surface area contributed by atoms with Crippen molar-refractivity contribution in [3.63, 3.8) is 0 Å². The highest BCUT2D eigenvalue weighted by atomic mass is 32.1. The Morgan fingerprint density at radius 2 is 1.85 bits per heavy atom. The fourth-order valence-electron chi connectivity index (χ4n) is 3.65. The Bertz CT molecular complexity index is 1290. The summed E-state index contributed by atoms with van der Waals surface area (Å²) in [4.78, 5) is 48.7.